The maximum absolute atomic E-state index is 12.8. The predicted molar refractivity (Wildman–Crippen MR) is 104 cm³/mol. The number of benzene rings is 2. The minimum atomic E-state index is -0.537. The van der Waals surface area contributed by atoms with Crippen LogP contribution in [0.4, 0.5) is 4.79 Å². The highest BCUT2D eigenvalue weighted by molar-refractivity contribution is 6.07. The lowest BCUT2D eigenvalue weighted by molar-refractivity contribution is -0.127. The Hall–Kier alpha value is -3.41. The van der Waals surface area contributed by atoms with Gasteiger partial charge in [-0.25, -0.2) is 4.79 Å². The predicted octanol–water partition coefficient (Wildman–Crippen LogP) is 2.99. The number of rotatable bonds is 3. The largest absolute Gasteiger partial charge is 0.340 e. The first-order valence-corrected chi connectivity index (χ1v) is 9.32. The lowest BCUT2D eigenvalue weighted by Crippen LogP contribution is -2.36. The van der Waals surface area contributed by atoms with E-state index in [9.17, 15) is 14.4 Å². The van der Waals surface area contributed by atoms with E-state index >= 15 is 0 Å². The molecule has 1 atom stereocenters. The summed E-state index contributed by atoms with van der Waals surface area (Å²) < 4.78 is 2.24. The van der Waals surface area contributed by atoms with E-state index < -0.39 is 6.04 Å². The molecule has 2 aliphatic heterocycles. The van der Waals surface area contributed by atoms with Gasteiger partial charge in [-0.05, 0) is 11.6 Å². The topological polar surface area (TPSA) is 62.6 Å². The third-order valence-electron chi connectivity index (χ3n) is 5.85. The van der Waals surface area contributed by atoms with Crippen molar-refractivity contribution in [1.82, 2.24) is 14.4 Å². The van der Waals surface area contributed by atoms with Crippen molar-refractivity contribution in [3.63, 3.8) is 0 Å². The van der Waals surface area contributed by atoms with Crippen molar-refractivity contribution in [3.05, 3.63) is 70.9 Å². The Morgan fingerprint density at radius 1 is 1.07 bits per heavy atom. The lowest BCUT2D eigenvalue weighted by atomic mass is 9.96. The molecule has 0 aliphatic carbocycles. The number of hydrogen-bond acceptors (Lipinski definition) is 3. The summed E-state index contributed by atoms with van der Waals surface area (Å²) in [6.07, 6.45) is 1.55. The van der Waals surface area contributed by atoms with Gasteiger partial charge in [0.25, 0.3) is 5.91 Å². The molecule has 6 heteroatoms. The molecule has 1 unspecified atom stereocenters. The number of fused-ring (bicyclic) bond motifs is 5. The number of carbonyl (C=O) groups excluding carboxylic acids is 3. The Morgan fingerprint density at radius 2 is 1.82 bits per heavy atom. The van der Waals surface area contributed by atoms with Crippen molar-refractivity contribution in [2.24, 2.45) is 0 Å². The molecule has 3 heterocycles. The van der Waals surface area contributed by atoms with Gasteiger partial charge in [0.1, 0.15) is 12.3 Å². The Labute approximate surface area is 162 Å². The fourth-order valence-corrected chi connectivity index (χ4v) is 4.47. The van der Waals surface area contributed by atoms with Gasteiger partial charge in [0, 0.05) is 54.3 Å². The van der Waals surface area contributed by atoms with Crippen molar-refractivity contribution < 1.29 is 14.4 Å². The molecule has 3 aromatic rings. The van der Waals surface area contributed by atoms with Crippen LogP contribution in [0.3, 0.4) is 0 Å². The highest BCUT2D eigenvalue weighted by atomic mass is 16.2. The van der Waals surface area contributed by atoms with Crippen molar-refractivity contribution >= 4 is 29.1 Å². The number of nitrogens with zero attached hydrogens (tertiary/aromatic N) is 3. The van der Waals surface area contributed by atoms with Gasteiger partial charge in [-0.1, -0.05) is 42.5 Å². The average Bonchev–Trinajstić information content (AvgIpc) is 3.16. The molecule has 5 rings (SSSR count). The molecular weight excluding hydrogens is 354 g/mol. The molecule has 0 bridgehead atoms. The first-order chi connectivity index (χ1) is 13.6. The molecule has 3 amide bonds. The first-order valence-electron chi connectivity index (χ1n) is 9.32. The average molecular weight is 373 g/mol. The normalized spacial score (nSPS) is 18.5. The van der Waals surface area contributed by atoms with E-state index in [1.54, 1.807) is 11.9 Å². The Kier molecular flexibility index (Phi) is 3.62. The number of urea groups is 1. The second kappa shape index (κ2) is 6.05. The number of amides is 3. The van der Waals surface area contributed by atoms with Crippen LogP contribution in [0, 0.1) is 0 Å². The molecule has 2 aliphatic rings. The van der Waals surface area contributed by atoms with E-state index in [0.717, 1.165) is 34.0 Å². The van der Waals surface area contributed by atoms with E-state index in [0.29, 0.717) is 25.1 Å². The molecule has 1 fully saturated rings. The van der Waals surface area contributed by atoms with E-state index in [1.165, 1.54) is 4.90 Å². The zero-order chi connectivity index (χ0) is 19.4. The number of imide groups is 1. The number of likely N-dealkylation sites (N-methyl/N-ethyl adjacent to an activating group) is 1. The van der Waals surface area contributed by atoms with Gasteiger partial charge in [-0.15, -0.1) is 0 Å². The molecule has 0 N–H and O–H groups in total. The maximum atomic E-state index is 12.8. The van der Waals surface area contributed by atoms with Crippen molar-refractivity contribution in [1.29, 1.82) is 0 Å². The summed E-state index contributed by atoms with van der Waals surface area (Å²) in [6.45, 7) is 1.19. The minimum absolute atomic E-state index is 0.163. The summed E-state index contributed by atoms with van der Waals surface area (Å²) in [5, 5.41) is 1.02. The van der Waals surface area contributed by atoms with Crippen LogP contribution >= 0.6 is 0 Å². The summed E-state index contributed by atoms with van der Waals surface area (Å²) in [7, 11) is 1.55. The molecule has 1 saturated heterocycles. The molecular formula is C22H19N3O3. The van der Waals surface area contributed by atoms with Crippen molar-refractivity contribution in [3.8, 4) is 0 Å². The molecule has 2 aromatic carbocycles. The SMILES string of the molecule is CN1C(=O)C2c3c(n(Cc4ccc(C=O)cc4)c4ccccc34)CCN2C1=O. The standard InChI is InChI=1S/C22H19N3O3/c1-23-21(27)20-19-16-4-2-3-5-17(16)25(18(19)10-11-24(20)22(23)28)12-14-6-8-15(13-26)9-7-14/h2-9,13,20H,10-12H2,1H3. The zero-order valence-electron chi connectivity index (χ0n) is 15.5. The summed E-state index contributed by atoms with van der Waals surface area (Å²) in [4.78, 5) is 39.1. The summed E-state index contributed by atoms with van der Waals surface area (Å²) >= 11 is 0. The highest BCUT2D eigenvalue weighted by Crippen LogP contribution is 2.42. The number of carbonyl (C=O) groups is 3. The van der Waals surface area contributed by atoms with Gasteiger partial charge >= 0.3 is 6.03 Å². The first kappa shape index (κ1) is 16.7. The summed E-state index contributed by atoms with van der Waals surface area (Å²) in [5.41, 5.74) is 4.86. The molecule has 0 radical (unpaired) electrons. The van der Waals surface area contributed by atoms with Crippen LogP contribution in [-0.2, 0) is 17.8 Å². The second-order valence-corrected chi connectivity index (χ2v) is 7.35. The van der Waals surface area contributed by atoms with E-state index in [-0.39, 0.29) is 11.9 Å². The fraction of sp³-hybridized carbons (Fsp3) is 0.227. The summed E-state index contributed by atoms with van der Waals surface area (Å²) in [6, 6.07) is 14.8. The lowest BCUT2D eigenvalue weighted by Gasteiger charge is -2.28. The smallest absolute Gasteiger partial charge is 0.327 e. The van der Waals surface area contributed by atoms with Crippen molar-refractivity contribution in [2.75, 3.05) is 13.6 Å². The van der Waals surface area contributed by atoms with Crippen LogP contribution in [0.1, 0.15) is 33.2 Å². The third-order valence-corrected chi connectivity index (χ3v) is 5.85. The Morgan fingerprint density at radius 3 is 2.57 bits per heavy atom. The quantitative estimate of drug-likeness (QED) is 0.524. The highest BCUT2D eigenvalue weighted by Gasteiger charge is 2.48. The number of para-hydroxylation sites is 1. The molecule has 140 valence electrons. The molecule has 0 saturated carbocycles. The van der Waals surface area contributed by atoms with E-state index in [2.05, 4.69) is 10.6 Å². The monoisotopic (exact) mass is 373 g/mol. The Bertz CT molecular complexity index is 1130. The third kappa shape index (κ3) is 2.24. The minimum Gasteiger partial charge on any atom is -0.340 e. The second-order valence-electron chi connectivity index (χ2n) is 7.35. The van der Waals surface area contributed by atoms with Crippen LogP contribution in [-0.4, -0.2) is 46.2 Å². The number of aromatic nitrogens is 1. The van der Waals surface area contributed by atoms with Crippen LogP contribution in [0.2, 0.25) is 0 Å². The van der Waals surface area contributed by atoms with Gasteiger partial charge in [-0.3, -0.25) is 14.5 Å². The molecule has 1 aromatic heterocycles. The van der Waals surface area contributed by atoms with Crippen LogP contribution in [0.25, 0.3) is 10.9 Å². The van der Waals surface area contributed by atoms with E-state index in [1.807, 2.05) is 42.5 Å². The Balaban J connectivity index is 1.67. The van der Waals surface area contributed by atoms with Gasteiger partial charge in [-0.2, -0.15) is 0 Å². The van der Waals surface area contributed by atoms with Gasteiger partial charge in [0.05, 0.1) is 0 Å². The molecule has 28 heavy (non-hydrogen) atoms. The summed E-state index contributed by atoms with van der Waals surface area (Å²) in [5.74, 6) is -0.163. The van der Waals surface area contributed by atoms with Crippen LogP contribution < -0.4 is 0 Å². The van der Waals surface area contributed by atoms with Crippen LogP contribution in [0.5, 0.6) is 0 Å². The molecule has 0 spiro atoms. The fourth-order valence-electron chi connectivity index (χ4n) is 4.47. The van der Waals surface area contributed by atoms with Gasteiger partial charge in [0.2, 0.25) is 0 Å². The number of hydrogen-bond donors (Lipinski definition) is 0. The van der Waals surface area contributed by atoms with Gasteiger partial charge < -0.3 is 9.47 Å². The zero-order valence-corrected chi connectivity index (χ0v) is 15.5. The molecule has 6 nitrogen and oxygen atoms in total. The van der Waals surface area contributed by atoms with Crippen molar-refractivity contribution in [2.45, 2.75) is 19.0 Å². The maximum Gasteiger partial charge on any atom is 0.327 e. The number of aldehydes is 1. The van der Waals surface area contributed by atoms with Gasteiger partial charge in [0.15, 0.2) is 0 Å². The van der Waals surface area contributed by atoms with E-state index in [4.69, 9.17) is 0 Å². The van der Waals surface area contributed by atoms with Crippen LogP contribution in [0.15, 0.2) is 48.5 Å².